The fraction of sp³-hybridized carbons (Fsp3) is 0.409. The summed E-state index contributed by atoms with van der Waals surface area (Å²) in [6, 6.07) is 14.9. The normalized spacial score (nSPS) is 11.8. The van der Waals surface area contributed by atoms with Crippen LogP contribution in [0.5, 0.6) is 5.75 Å². The number of halogens is 4. The lowest BCUT2D eigenvalue weighted by molar-refractivity contribution is -0.153. The largest absolute Gasteiger partial charge is 0.484 e. The third-order valence-corrected chi connectivity index (χ3v) is 4.07. The predicted octanol–water partition coefficient (Wildman–Crippen LogP) is 4.56. The van der Waals surface area contributed by atoms with Gasteiger partial charge in [-0.3, -0.25) is 0 Å². The van der Waals surface area contributed by atoms with Gasteiger partial charge in [-0.05, 0) is 49.8 Å². The zero-order valence-electron chi connectivity index (χ0n) is 18.0. The van der Waals surface area contributed by atoms with Gasteiger partial charge in [-0.15, -0.1) is 24.0 Å². The lowest BCUT2D eigenvalue weighted by Crippen LogP contribution is -2.36. The molecule has 172 valence electrons. The second-order valence-corrected chi connectivity index (χ2v) is 7.15. The Kier molecular flexibility index (Phi) is 11.7. The van der Waals surface area contributed by atoms with Crippen molar-refractivity contribution in [2.24, 2.45) is 4.99 Å². The Labute approximate surface area is 199 Å². The maximum Gasteiger partial charge on any atom is 0.422 e. The van der Waals surface area contributed by atoms with Crippen molar-refractivity contribution >= 4 is 29.9 Å². The number of ether oxygens (including phenoxy) is 1. The molecule has 9 heteroatoms. The summed E-state index contributed by atoms with van der Waals surface area (Å²) in [4.78, 5) is 6.66. The highest BCUT2D eigenvalue weighted by molar-refractivity contribution is 14.0. The highest BCUT2D eigenvalue weighted by atomic mass is 127. The molecule has 0 unspecified atom stereocenters. The molecule has 0 saturated heterocycles. The molecule has 2 rings (SSSR count). The van der Waals surface area contributed by atoms with Crippen LogP contribution in [0.2, 0.25) is 0 Å². The summed E-state index contributed by atoms with van der Waals surface area (Å²) in [7, 11) is 4.08. The number of alkyl halides is 3. The Morgan fingerprint density at radius 2 is 1.52 bits per heavy atom. The molecule has 2 N–H and O–H groups in total. The van der Waals surface area contributed by atoms with Gasteiger partial charge in [0.25, 0.3) is 0 Å². The van der Waals surface area contributed by atoms with E-state index in [0.29, 0.717) is 19.0 Å². The molecule has 0 aliphatic heterocycles. The molecule has 0 radical (unpaired) electrons. The second-order valence-electron chi connectivity index (χ2n) is 7.15. The Morgan fingerprint density at radius 3 is 2.06 bits per heavy atom. The number of guanidine groups is 1. The maximum absolute atomic E-state index is 12.2. The minimum Gasteiger partial charge on any atom is -0.484 e. The fourth-order valence-electron chi connectivity index (χ4n) is 2.68. The summed E-state index contributed by atoms with van der Waals surface area (Å²) < 4.78 is 41.3. The molecule has 5 nitrogen and oxygen atoms in total. The molecule has 0 atom stereocenters. The van der Waals surface area contributed by atoms with E-state index >= 15 is 0 Å². The molecular formula is C22H30F3IN4O. The summed E-state index contributed by atoms with van der Waals surface area (Å²) in [5, 5.41) is 6.49. The summed E-state index contributed by atoms with van der Waals surface area (Å²) in [6.45, 7) is 3.35. The molecule has 0 saturated carbocycles. The Bertz CT molecular complexity index is 794. The summed E-state index contributed by atoms with van der Waals surface area (Å²) >= 11 is 0. The first kappa shape index (κ1) is 27.0. The topological polar surface area (TPSA) is 48.9 Å². The van der Waals surface area contributed by atoms with Gasteiger partial charge < -0.3 is 20.3 Å². The number of nitrogens with one attached hydrogen (secondary N) is 2. The van der Waals surface area contributed by atoms with Crippen LogP contribution in [0.15, 0.2) is 53.5 Å². The van der Waals surface area contributed by atoms with Gasteiger partial charge in [0, 0.05) is 19.6 Å². The number of hydrogen-bond donors (Lipinski definition) is 2. The molecule has 2 aromatic rings. The van der Waals surface area contributed by atoms with Crippen molar-refractivity contribution in [3.05, 3.63) is 65.2 Å². The minimum atomic E-state index is -4.35. The summed E-state index contributed by atoms with van der Waals surface area (Å²) in [5.74, 6) is 0.857. The maximum atomic E-state index is 12.2. The van der Waals surface area contributed by atoms with E-state index in [1.165, 1.54) is 17.7 Å². The van der Waals surface area contributed by atoms with Crippen LogP contribution in [0, 0.1) is 0 Å². The van der Waals surface area contributed by atoms with Crippen molar-refractivity contribution < 1.29 is 17.9 Å². The third kappa shape index (κ3) is 11.3. The molecule has 2 aromatic carbocycles. The first-order valence-corrected chi connectivity index (χ1v) is 9.78. The zero-order valence-corrected chi connectivity index (χ0v) is 20.3. The second kappa shape index (κ2) is 13.4. The Hall–Kier alpha value is -2.01. The molecule has 0 aliphatic rings. The van der Waals surface area contributed by atoms with E-state index in [4.69, 9.17) is 4.74 Å². The first-order valence-electron chi connectivity index (χ1n) is 9.78. The highest BCUT2D eigenvalue weighted by Crippen LogP contribution is 2.19. The molecule has 0 bridgehead atoms. The minimum absolute atomic E-state index is 0. The van der Waals surface area contributed by atoms with Crippen LogP contribution in [0.4, 0.5) is 13.2 Å². The number of benzene rings is 2. The Morgan fingerprint density at radius 1 is 0.935 bits per heavy atom. The van der Waals surface area contributed by atoms with E-state index in [1.807, 2.05) is 21.0 Å². The van der Waals surface area contributed by atoms with Gasteiger partial charge in [-0.25, -0.2) is 4.99 Å². The van der Waals surface area contributed by atoms with Crippen molar-refractivity contribution in [2.75, 3.05) is 27.2 Å². The standard InChI is InChI=1S/C22H29F3N4O.HI/c1-4-26-21(27-13-17-5-7-19(8-6-17)15-29(2)3)28-14-18-9-11-20(12-10-18)30-16-22(23,24)25;/h5-12H,4,13-16H2,1-3H3,(H2,26,27,28);1H. The average Bonchev–Trinajstić information content (AvgIpc) is 2.69. The molecule has 0 aromatic heterocycles. The van der Waals surface area contributed by atoms with Gasteiger partial charge in [-0.2, -0.15) is 13.2 Å². The molecule has 0 amide bonds. The summed E-state index contributed by atoms with van der Waals surface area (Å²) in [6.07, 6.45) is -4.35. The number of aliphatic imine (C=N–C) groups is 1. The van der Waals surface area contributed by atoms with Gasteiger partial charge >= 0.3 is 6.18 Å². The van der Waals surface area contributed by atoms with Crippen LogP contribution in [0.25, 0.3) is 0 Å². The van der Waals surface area contributed by atoms with Crippen molar-refractivity contribution in [3.8, 4) is 5.75 Å². The van der Waals surface area contributed by atoms with Crippen molar-refractivity contribution in [3.63, 3.8) is 0 Å². The molecule has 31 heavy (non-hydrogen) atoms. The number of nitrogens with zero attached hydrogens (tertiary/aromatic N) is 2. The molecule has 0 fully saturated rings. The molecular weight excluding hydrogens is 520 g/mol. The molecule has 0 aliphatic carbocycles. The van der Waals surface area contributed by atoms with Crippen LogP contribution in [0.3, 0.4) is 0 Å². The van der Waals surface area contributed by atoms with E-state index in [1.54, 1.807) is 12.1 Å². The van der Waals surface area contributed by atoms with Crippen LogP contribution in [-0.4, -0.2) is 44.3 Å². The van der Waals surface area contributed by atoms with Crippen molar-refractivity contribution in [1.29, 1.82) is 0 Å². The molecule has 0 heterocycles. The van der Waals surface area contributed by atoms with Gasteiger partial charge in [0.05, 0.1) is 6.54 Å². The fourth-order valence-corrected chi connectivity index (χ4v) is 2.68. The van der Waals surface area contributed by atoms with Crippen molar-refractivity contribution in [2.45, 2.75) is 32.7 Å². The third-order valence-electron chi connectivity index (χ3n) is 4.07. The average molecular weight is 550 g/mol. The first-order chi connectivity index (χ1) is 14.2. The van der Waals surface area contributed by atoms with E-state index in [9.17, 15) is 13.2 Å². The number of hydrogen-bond acceptors (Lipinski definition) is 3. The monoisotopic (exact) mass is 550 g/mol. The van der Waals surface area contributed by atoms with Crippen LogP contribution in [-0.2, 0) is 19.6 Å². The van der Waals surface area contributed by atoms with Crippen molar-refractivity contribution in [1.82, 2.24) is 15.5 Å². The van der Waals surface area contributed by atoms with E-state index in [-0.39, 0.29) is 29.7 Å². The van der Waals surface area contributed by atoms with Crippen LogP contribution in [0.1, 0.15) is 23.6 Å². The van der Waals surface area contributed by atoms with Gasteiger partial charge in [0.1, 0.15) is 5.75 Å². The Balaban J connectivity index is 0.00000480. The lowest BCUT2D eigenvalue weighted by Gasteiger charge is -2.13. The van der Waals surface area contributed by atoms with Gasteiger partial charge in [0.15, 0.2) is 12.6 Å². The van der Waals surface area contributed by atoms with E-state index in [0.717, 1.165) is 24.2 Å². The lowest BCUT2D eigenvalue weighted by atomic mass is 10.1. The van der Waals surface area contributed by atoms with Crippen LogP contribution < -0.4 is 15.4 Å². The number of rotatable bonds is 9. The van der Waals surface area contributed by atoms with Crippen LogP contribution >= 0.6 is 24.0 Å². The zero-order chi connectivity index (χ0) is 22.0. The van der Waals surface area contributed by atoms with Gasteiger partial charge in [0.2, 0.25) is 0 Å². The highest BCUT2D eigenvalue weighted by Gasteiger charge is 2.28. The quantitative estimate of drug-likeness (QED) is 0.273. The van der Waals surface area contributed by atoms with E-state index in [2.05, 4.69) is 44.8 Å². The smallest absolute Gasteiger partial charge is 0.422 e. The predicted molar refractivity (Wildman–Crippen MR) is 129 cm³/mol. The SMILES string of the molecule is CCNC(=NCc1ccc(OCC(F)(F)F)cc1)NCc1ccc(CN(C)C)cc1.I. The molecule has 0 spiro atoms. The van der Waals surface area contributed by atoms with Gasteiger partial charge in [-0.1, -0.05) is 36.4 Å². The summed E-state index contributed by atoms with van der Waals surface area (Å²) in [5.41, 5.74) is 3.28. The van der Waals surface area contributed by atoms with E-state index < -0.39 is 12.8 Å².